The number of hydrogen-bond acceptors (Lipinski definition) is 16. The molecule has 0 bridgehead atoms. The number of hydrogen-bond donors (Lipinski definition) is 7. The van der Waals surface area contributed by atoms with Crippen LogP contribution in [0.4, 0.5) is 0 Å². The Kier molecular flexibility index (Phi) is 47.8. The van der Waals surface area contributed by atoms with Gasteiger partial charge in [0.1, 0.15) is 35.6 Å². The van der Waals surface area contributed by atoms with Gasteiger partial charge < -0.3 is 58.4 Å². The van der Waals surface area contributed by atoms with E-state index in [4.69, 9.17) is 57.2 Å². The van der Waals surface area contributed by atoms with E-state index in [1.807, 2.05) is 60.4 Å². The van der Waals surface area contributed by atoms with Crippen molar-refractivity contribution in [3.05, 3.63) is 226 Å². The van der Waals surface area contributed by atoms with Crippen LogP contribution in [0.2, 0.25) is 20.1 Å². The number of benzene rings is 7. The molecule has 0 aliphatic carbocycles. The third-order valence-electron chi connectivity index (χ3n) is 11.0. The number of allylic oxidation sites excluding steroid dienone is 1. The van der Waals surface area contributed by atoms with Crippen molar-refractivity contribution in [2.75, 3.05) is 54.1 Å². The molecule has 0 amide bonds. The van der Waals surface area contributed by atoms with Crippen molar-refractivity contribution in [2.45, 2.75) is 27.7 Å². The quantitative estimate of drug-likeness (QED) is 0.00580. The van der Waals surface area contributed by atoms with E-state index < -0.39 is 6.89 Å². The Hall–Kier alpha value is -7.36. The topological polar surface area (TPSA) is 261 Å². The predicted molar refractivity (Wildman–Crippen MR) is 358 cm³/mol. The number of halogens is 4. The monoisotopic (exact) mass is 1400 g/mol. The van der Waals surface area contributed by atoms with Gasteiger partial charge in [-0.2, -0.15) is 0 Å². The number of ether oxygens (including phenoxy) is 3. The van der Waals surface area contributed by atoms with Gasteiger partial charge in [-0.05, 0) is 138 Å². The number of carbonyl (C=O) groups excluding carboxylic acids is 6. The van der Waals surface area contributed by atoms with Crippen molar-refractivity contribution in [3.8, 4) is 23.0 Å². The van der Waals surface area contributed by atoms with Crippen LogP contribution in [0.1, 0.15) is 48.3 Å². The van der Waals surface area contributed by atoms with Crippen LogP contribution in [0, 0.1) is 7.43 Å². The molecule has 88 heavy (non-hydrogen) atoms. The molecule has 0 spiro atoms. The van der Waals surface area contributed by atoms with Gasteiger partial charge in [-0.3, -0.25) is 28.8 Å². The molecule has 0 aromatic heterocycles. The van der Waals surface area contributed by atoms with Crippen LogP contribution in [-0.2, 0) is 65.0 Å². The smallest absolute Gasteiger partial charge is 0.319 e. The number of carbonyl (C=O) groups is 6. The Bertz CT molecular complexity index is 3160. The normalized spacial score (nSPS) is 9.77. The Balaban J connectivity index is -0.00000101. The second-order valence-corrected chi connectivity index (χ2v) is 21.8. The third-order valence-corrected chi connectivity index (χ3v) is 15.9. The van der Waals surface area contributed by atoms with E-state index >= 15 is 0 Å². The molecule has 7 aromatic rings. The van der Waals surface area contributed by atoms with Gasteiger partial charge in [-0.25, -0.2) is 0 Å². The fourth-order valence-corrected chi connectivity index (χ4v) is 11.1. The Morgan fingerprint density at radius 1 is 0.523 bits per heavy atom. The number of methoxy groups -OCH3 is 3. The summed E-state index contributed by atoms with van der Waals surface area (Å²) in [6, 6.07) is 49.7. The Morgan fingerprint density at radius 2 is 0.909 bits per heavy atom. The fraction of sp³-hybridized carbons (Fsp3) is 0.182. The first-order valence-corrected chi connectivity index (χ1v) is 28.6. The molecule has 7 aromatic carbocycles. The minimum atomic E-state index is -2.05. The Labute approximate surface area is 550 Å². The maximum Gasteiger partial charge on any atom is 0.319 e. The molecular formula is C66H77Cl4N3O13PPd-. The van der Waals surface area contributed by atoms with Gasteiger partial charge in [0.2, 0.25) is 0 Å². The molecule has 0 fully saturated rings. The van der Waals surface area contributed by atoms with Crippen molar-refractivity contribution in [1.29, 1.82) is 0 Å². The molecule has 0 heterocycles. The summed E-state index contributed by atoms with van der Waals surface area (Å²) in [7, 11) is 3.99. The van der Waals surface area contributed by atoms with Gasteiger partial charge in [0.05, 0.1) is 46.5 Å². The van der Waals surface area contributed by atoms with E-state index in [1.165, 1.54) is 79.7 Å². The van der Waals surface area contributed by atoms with Crippen LogP contribution in [0.25, 0.3) is 12.2 Å². The predicted octanol–water partition coefficient (Wildman–Crippen LogP) is 11.5. The van der Waals surface area contributed by atoms with E-state index in [9.17, 15) is 44.1 Å². The molecule has 0 radical (unpaired) electrons. The van der Waals surface area contributed by atoms with Gasteiger partial charge in [-0.1, -0.05) is 164 Å². The van der Waals surface area contributed by atoms with Gasteiger partial charge in [-0.15, -0.1) is 0 Å². The molecule has 0 saturated heterocycles. The molecule has 0 saturated carbocycles. The third kappa shape index (κ3) is 32.6. The molecule has 0 unspecified atom stereocenters. The molecule has 8 N–H and O–H groups in total. The summed E-state index contributed by atoms with van der Waals surface area (Å²) >= 11 is 22.8. The van der Waals surface area contributed by atoms with E-state index in [0.717, 1.165) is 18.3 Å². The Morgan fingerprint density at radius 3 is 1.28 bits per heavy atom. The van der Waals surface area contributed by atoms with Crippen molar-refractivity contribution in [3.63, 3.8) is 0 Å². The van der Waals surface area contributed by atoms with Gasteiger partial charge in [0, 0.05) is 58.2 Å². The molecule has 478 valence electrons. The first-order chi connectivity index (χ1) is 40.4. The van der Waals surface area contributed by atoms with E-state index in [1.54, 1.807) is 54.6 Å². The number of nitrogens with two attached hydrogens (primary N) is 1. The average molecular weight is 1400 g/mol. The minimum Gasteiger partial charge on any atom is -0.508 e. The van der Waals surface area contributed by atoms with Gasteiger partial charge in [0.25, 0.3) is 0 Å². The zero-order valence-electron chi connectivity index (χ0n) is 47.5. The summed E-state index contributed by atoms with van der Waals surface area (Å²) in [6.07, 6.45) is 9.97. The zero-order chi connectivity index (χ0) is 62.1. The molecule has 16 nitrogen and oxygen atoms in total. The average Bonchev–Trinajstić information content (AvgIpc) is 1.22. The van der Waals surface area contributed by atoms with E-state index in [2.05, 4.69) is 61.2 Å². The molecular weight excluding hydrogens is 1320 g/mol. The maximum atomic E-state index is 11.5. The number of nitrogens with one attached hydrogen (secondary N) is 2. The van der Waals surface area contributed by atoms with Crippen molar-refractivity contribution in [2.24, 2.45) is 5.73 Å². The maximum absolute atomic E-state index is 11.5. The second-order valence-electron chi connectivity index (χ2n) is 16.8. The second kappa shape index (κ2) is 49.6. The van der Waals surface area contributed by atoms with Crippen LogP contribution >= 0.6 is 53.3 Å². The summed E-state index contributed by atoms with van der Waals surface area (Å²) in [5, 5.41) is 48.8. The van der Waals surface area contributed by atoms with E-state index in [0.29, 0.717) is 63.3 Å². The summed E-state index contributed by atoms with van der Waals surface area (Å²) in [4.78, 5) is 63.1. The molecule has 0 aliphatic heterocycles. The summed E-state index contributed by atoms with van der Waals surface area (Å²) < 4.78 is 13.1. The van der Waals surface area contributed by atoms with E-state index in [-0.39, 0.29) is 109 Å². The van der Waals surface area contributed by atoms with Crippen LogP contribution in [-0.4, -0.2) is 117 Å². The largest absolute Gasteiger partial charge is 0.508 e. The molecule has 22 heteroatoms. The molecule has 0 aliphatic rings. The van der Waals surface area contributed by atoms with Crippen molar-refractivity contribution >= 4 is 124 Å². The number of aldehydes is 3. The number of esters is 3. The van der Waals surface area contributed by atoms with Gasteiger partial charge >= 0.3 is 17.9 Å². The summed E-state index contributed by atoms with van der Waals surface area (Å²) in [5.74, 6) is 1.36. The van der Waals surface area contributed by atoms with Crippen molar-refractivity contribution < 1.29 is 83.8 Å². The minimum absolute atomic E-state index is 0. The number of aromatic hydroxyl groups is 4. The number of rotatable bonds is 19. The zero-order valence-corrected chi connectivity index (χ0v) is 52.9. The van der Waals surface area contributed by atoms with Crippen LogP contribution in [0.5, 0.6) is 23.0 Å². The van der Waals surface area contributed by atoms with Crippen LogP contribution < -0.4 is 32.3 Å². The number of phenols is 4. The fourth-order valence-electron chi connectivity index (χ4n) is 6.89. The number of aryl methyl sites for hydroxylation is 1. The van der Waals surface area contributed by atoms with Crippen LogP contribution in [0.3, 0.4) is 0 Å². The first-order valence-electron chi connectivity index (χ1n) is 25.3. The number of phenolic OH excluding ortho intramolecular Hbond substituents is 4. The summed E-state index contributed by atoms with van der Waals surface area (Å²) in [5.41, 5.74) is 7.01. The summed E-state index contributed by atoms with van der Waals surface area (Å²) in [6.45, 7) is -0.533. The van der Waals surface area contributed by atoms with Gasteiger partial charge in [0.15, 0.2) is 6.29 Å². The SMILES string of the molecule is C.C.COC(=O)CN.COC(=O)CNC/C=C/c1cc(Cl)ccc1O.COC(=O)CNCCCc1cc(Cl)ccc1O.O=C/C=C/c1cc(Cl)ccc1O.O=CC=P(c1ccccc1)(c1ccccc1)c1ccccc1.O=Cc1cc(Cl)ccc1O.[CH3-].[Pd]. The first kappa shape index (κ1) is 84.9. The van der Waals surface area contributed by atoms with Crippen LogP contribution in [0.15, 0.2) is 176 Å². The molecule has 7 rings (SSSR count). The van der Waals surface area contributed by atoms with Crippen molar-refractivity contribution in [1.82, 2.24) is 10.6 Å². The standard InChI is InChI=1S/C20H17OP.C12H16ClNO3.C12H14ClNO3.C9H7ClO2.C7H5ClO2.C3H7NO2.2CH4.CH3.Pd/c21-16-17-22(18-10-4-1-5-11-18,19-12-6-2-7-13-19)20-14-8-3-9-15-20;2*1-17-12(16)8-14-6-2-3-9-7-10(13)4-5-11(9)15;10-8-3-4-9(12)7(6-8)2-1-5-11;8-6-1-2-7(10)5(3-6)4-9;1-6-3(5)2-4;;;;/h1-17H;4-5,7,14-15H,2-3,6,8H2,1H3;2-5,7,14-15H,6,8H2,1H3;1-6,12H;1-4,10H;2,4H2,1H3;2*1H4;1H3;/q;;;;;;;;-1;/b;;3-2+;2-1+;;;;;;. The molecule has 0 atom stereocenters.